The summed E-state index contributed by atoms with van der Waals surface area (Å²) in [5.74, 6) is -1.23. The second-order valence-corrected chi connectivity index (χ2v) is 8.75. The summed E-state index contributed by atoms with van der Waals surface area (Å²) in [5, 5.41) is 11.6. The first-order chi connectivity index (χ1) is 13.4. The van der Waals surface area contributed by atoms with Crippen LogP contribution in [0.4, 0.5) is 11.4 Å². The van der Waals surface area contributed by atoms with Crippen molar-refractivity contribution in [2.75, 3.05) is 16.3 Å². The fourth-order valence-corrected chi connectivity index (χ4v) is 3.56. The number of aryl methyl sites for hydroxylation is 2. The Morgan fingerprint density at radius 3 is 2.24 bits per heavy atom. The highest BCUT2D eigenvalue weighted by Crippen LogP contribution is 2.29. The largest absolute Gasteiger partial charge is 0.488 e. The predicted molar refractivity (Wildman–Crippen MR) is 111 cm³/mol. The molecule has 0 aliphatic heterocycles. The predicted octanol–water partition coefficient (Wildman–Crippen LogP) is 3.32. The number of nitrogens with one attached hydrogen (secondary N) is 2. The number of carbonyl (C=O) groups is 2. The van der Waals surface area contributed by atoms with Crippen LogP contribution in [0.2, 0.25) is 5.02 Å². The summed E-state index contributed by atoms with van der Waals surface area (Å²) < 4.78 is 31.1. The van der Waals surface area contributed by atoms with Gasteiger partial charge in [-0.3, -0.25) is 14.3 Å². The van der Waals surface area contributed by atoms with Crippen LogP contribution in [0.1, 0.15) is 23.1 Å². The monoisotopic (exact) mass is 440 g/mol. The number of benzene rings is 2. The highest BCUT2D eigenvalue weighted by Gasteiger charge is 2.12. The van der Waals surface area contributed by atoms with Crippen LogP contribution in [0, 0.1) is 13.8 Å². The first kappa shape index (κ1) is 22.5. The summed E-state index contributed by atoms with van der Waals surface area (Å²) in [5.41, 5.74) is 2.96. The minimum Gasteiger partial charge on any atom is -0.488 e. The second kappa shape index (κ2) is 9.15. The van der Waals surface area contributed by atoms with Crippen molar-refractivity contribution in [1.29, 1.82) is 0 Å². The van der Waals surface area contributed by atoms with Gasteiger partial charge in [0.1, 0.15) is 18.8 Å². The lowest BCUT2D eigenvalue weighted by Gasteiger charge is -2.15. The molecule has 29 heavy (non-hydrogen) atoms. The van der Waals surface area contributed by atoms with Crippen LogP contribution in [0.3, 0.4) is 0 Å². The van der Waals surface area contributed by atoms with Crippen molar-refractivity contribution in [1.82, 2.24) is 0 Å². The number of anilines is 2. The van der Waals surface area contributed by atoms with E-state index < -0.39 is 28.3 Å². The molecule has 0 spiro atoms. The van der Waals surface area contributed by atoms with Gasteiger partial charge >= 0.3 is 5.97 Å². The minimum atomic E-state index is -3.43. The summed E-state index contributed by atoms with van der Waals surface area (Å²) in [4.78, 5) is 22.2. The molecule has 0 bridgehead atoms. The summed E-state index contributed by atoms with van der Waals surface area (Å²) in [6.07, 6.45) is 0.433. The zero-order valence-corrected chi connectivity index (χ0v) is 17.6. The van der Waals surface area contributed by atoms with Gasteiger partial charge in [0, 0.05) is 10.7 Å². The van der Waals surface area contributed by atoms with E-state index in [-0.39, 0.29) is 6.61 Å². The topological polar surface area (TPSA) is 122 Å². The number of carbonyl (C=O) groups excluding carboxylic acids is 1. The van der Waals surface area contributed by atoms with E-state index in [1.54, 1.807) is 38.1 Å². The molecule has 0 fully saturated rings. The second-order valence-electron chi connectivity index (χ2n) is 6.57. The third kappa shape index (κ3) is 7.28. The Kier molecular flexibility index (Phi) is 7.10. The first-order valence-corrected chi connectivity index (χ1v) is 10.7. The summed E-state index contributed by atoms with van der Waals surface area (Å²) in [6.45, 7) is 3.74. The maximum atomic E-state index is 11.6. The van der Waals surface area contributed by atoms with Gasteiger partial charge in [-0.2, -0.15) is 0 Å². The molecule has 8 nitrogen and oxygen atoms in total. The number of halogens is 1. The van der Waals surface area contributed by atoms with Gasteiger partial charge in [-0.15, -0.1) is 0 Å². The first-order valence-electron chi connectivity index (χ1n) is 8.46. The maximum Gasteiger partial charge on any atom is 0.312 e. The standard InChI is InChI=1S/C19H21ClN2O6S/c1-11-4-15(21-17(23)9-18(24)25)5-12(2)19(11)28-10-13-6-14(20)8-16(7-13)22-29(3,26)27/h4-8,22H,9-10H2,1-3H3,(H,21,23)(H,24,25). The molecule has 2 aromatic rings. The average Bonchev–Trinajstić information content (AvgIpc) is 2.50. The maximum absolute atomic E-state index is 11.6. The number of carboxylic acid groups (broad SMARTS) is 1. The van der Waals surface area contributed by atoms with Gasteiger partial charge in [-0.25, -0.2) is 8.42 Å². The fourth-order valence-electron chi connectivity index (χ4n) is 2.75. The van der Waals surface area contributed by atoms with Crippen molar-refractivity contribution < 1.29 is 27.9 Å². The number of hydrogen-bond donors (Lipinski definition) is 3. The number of hydrogen-bond acceptors (Lipinski definition) is 5. The average molecular weight is 441 g/mol. The van der Waals surface area contributed by atoms with E-state index in [0.717, 1.165) is 17.4 Å². The third-order valence-electron chi connectivity index (χ3n) is 3.70. The van der Waals surface area contributed by atoms with Crippen LogP contribution < -0.4 is 14.8 Å². The molecule has 0 saturated carbocycles. The molecule has 0 aromatic heterocycles. The minimum absolute atomic E-state index is 0.144. The molecular weight excluding hydrogens is 420 g/mol. The number of amides is 1. The highest BCUT2D eigenvalue weighted by molar-refractivity contribution is 7.92. The van der Waals surface area contributed by atoms with Crippen molar-refractivity contribution >= 4 is 44.9 Å². The van der Waals surface area contributed by atoms with Gasteiger partial charge in [0.05, 0.1) is 11.9 Å². The molecule has 0 saturated heterocycles. The van der Waals surface area contributed by atoms with E-state index in [9.17, 15) is 18.0 Å². The van der Waals surface area contributed by atoms with Crippen LogP contribution in [-0.2, 0) is 26.2 Å². The molecule has 3 N–H and O–H groups in total. The van der Waals surface area contributed by atoms with E-state index in [1.807, 2.05) is 0 Å². The highest BCUT2D eigenvalue weighted by atomic mass is 35.5. The summed E-state index contributed by atoms with van der Waals surface area (Å²) >= 11 is 6.06. The molecule has 2 rings (SSSR count). The summed E-state index contributed by atoms with van der Waals surface area (Å²) in [6, 6.07) is 8.14. The normalized spacial score (nSPS) is 11.0. The Morgan fingerprint density at radius 2 is 1.69 bits per heavy atom. The number of ether oxygens (including phenoxy) is 1. The van der Waals surface area contributed by atoms with Gasteiger partial charge in [-0.1, -0.05) is 11.6 Å². The quantitative estimate of drug-likeness (QED) is 0.541. The zero-order chi connectivity index (χ0) is 21.8. The lowest BCUT2D eigenvalue weighted by Crippen LogP contribution is -2.16. The molecule has 2 aromatic carbocycles. The van der Waals surface area contributed by atoms with Gasteiger partial charge in [-0.05, 0) is 60.9 Å². The van der Waals surface area contributed by atoms with Crippen LogP contribution in [0.25, 0.3) is 0 Å². The number of aliphatic carboxylic acids is 1. The van der Waals surface area contributed by atoms with Gasteiger partial charge in [0.15, 0.2) is 0 Å². The SMILES string of the molecule is Cc1cc(NC(=O)CC(=O)O)cc(C)c1OCc1cc(Cl)cc(NS(C)(=O)=O)c1. The molecule has 0 heterocycles. The Morgan fingerprint density at radius 1 is 1.07 bits per heavy atom. The van der Waals surface area contributed by atoms with Crippen molar-refractivity contribution in [3.63, 3.8) is 0 Å². The molecule has 1 amide bonds. The van der Waals surface area contributed by atoms with Gasteiger partial charge < -0.3 is 15.2 Å². The molecule has 0 aliphatic carbocycles. The van der Waals surface area contributed by atoms with E-state index in [4.69, 9.17) is 21.4 Å². The van der Waals surface area contributed by atoms with Crippen molar-refractivity contribution in [2.24, 2.45) is 0 Å². The Hall–Kier alpha value is -2.78. The van der Waals surface area contributed by atoms with Crippen LogP contribution in [0.15, 0.2) is 30.3 Å². The number of carboxylic acids is 1. The van der Waals surface area contributed by atoms with Crippen LogP contribution >= 0.6 is 11.6 Å². The van der Waals surface area contributed by atoms with Gasteiger partial charge in [0.2, 0.25) is 15.9 Å². The number of sulfonamides is 1. The zero-order valence-electron chi connectivity index (χ0n) is 16.1. The molecular formula is C19H21ClN2O6S. The van der Waals surface area contributed by atoms with Crippen LogP contribution in [-0.4, -0.2) is 31.7 Å². The molecule has 156 valence electrons. The molecule has 10 heteroatoms. The van der Waals surface area contributed by atoms with Crippen molar-refractivity contribution in [3.8, 4) is 5.75 Å². The smallest absolute Gasteiger partial charge is 0.312 e. The number of rotatable bonds is 8. The van der Waals surface area contributed by atoms with Crippen LogP contribution in [0.5, 0.6) is 5.75 Å². The van der Waals surface area contributed by atoms with E-state index in [1.165, 1.54) is 6.07 Å². The lowest BCUT2D eigenvalue weighted by molar-refractivity contribution is -0.139. The molecule has 0 radical (unpaired) electrons. The molecule has 0 unspecified atom stereocenters. The van der Waals surface area contributed by atoms with Crippen molar-refractivity contribution in [2.45, 2.75) is 26.9 Å². The summed E-state index contributed by atoms with van der Waals surface area (Å²) in [7, 11) is -3.43. The Bertz CT molecular complexity index is 1030. The van der Waals surface area contributed by atoms with Crippen molar-refractivity contribution in [3.05, 3.63) is 52.0 Å². The molecule has 0 atom stereocenters. The fraction of sp³-hybridized carbons (Fsp3) is 0.263. The van der Waals surface area contributed by atoms with E-state index >= 15 is 0 Å². The van der Waals surface area contributed by atoms with Gasteiger partial charge in [0.25, 0.3) is 0 Å². The van der Waals surface area contributed by atoms with E-state index in [2.05, 4.69) is 10.0 Å². The third-order valence-corrected chi connectivity index (χ3v) is 4.52. The van der Waals surface area contributed by atoms with E-state index in [0.29, 0.717) is 27.7 Å². The molecule has 0 aliphatic rings. The Labute approximate surface area is 173 Å². The Balaban J connectivity index is 2.15. The lowest BCUT2D eigenvalue weighted by atomic mass is 10.1.